The Morgan fingerprint density at radius 2 is 1.62 bits per heavy atom. The molecule has 0 spiro atoms. The Hall–Kier alpha value is -3.00. The average molecular weight is 460 g/mol. The predicted octanol–water partition coefficient (Wildman–Crippen LogP) is 4.49. The van der Waals surface area contributed by atoms with Gasteiger partial charge in [-0.25, -0.2) is 0 Å². The molecule has 2 aromatic carbocycles. The van der Waals surface area contributed by atoms with Gasteiger partial charge in [0, 0.05) is 36.1 Å². The Balaban J connectivity index is 2.66. The number of rotatable bonds is 7. The van der Waals surface area contributed by atoms with Crippen LogP contribution in [0.15, 0.2) is 58.6 Å². The molecule has 1 unspecified atom stereocenters. The minimum Gasteiger partial charge on any atom is -0.346 e. The van der Waals surface area contributed by atoms with E-state index in [1.807, 2.05) is 31.2 Å². The van der Waals surface area contributed by atoms with Crippen LogP contribution in [0, 0.1) is 10.1 Å². The summed E-state index contributed by atoms with van der Waals surface area (Å²) < 4.78 is 0.905. The lowest BCUT2D eigenvalue weighted by molar-refractivity contribution is -0.384. The van der Waals surface area contributed by atoms with Crippen LogP contribution in [0.1, 0.15) is 44.4 Å². The van der Waals surface area contributed by atoms with Crippen molar-refractivity contribution in [1.29, 1.82) is 0 Å². The summed E-state index contributed by atoms with van der Waals surface area (Å²) in [5, 5.41) is 16.8. The molecule has 0 saturated carbocycles. The summed E-state index contributed by atoms with van der Waals surface area (Å²) in [6.45, 7) is 4.75. The molecule has 152 valence electrons. The number of non-ortho nitro benzene ring substituents is 1. The van der Waals surface area contributed by atoms with Gasteiger partial charge in [0.1, 0.15) is 0 Å². The molecule has 0 aliphatic rings. The van der Waals surface area contributed by atoms with Gasteiger partial charge in [0.15, 0.2) is 0 Å². The zero-order valence-electron chi connectivity index (χ0n) is 16.4. The van der Waals surface area contributed by atoms with E-state index in [0.29, 0.717) is 17.7 Å². The molecule has 2 rings (SSSR count). The highest BCUT2D eigenvalue weighted by molar-refractivity contribution is 9.10. The van der Waals surface area contributed by atoms with Crippen LogP contribution in [0.25, 0.3) is 5.70 Å². The molecule has 0 bridgehead atoms. The summed E-state index contributed by atoms with van der Waals surface area (Å²) in [6, 6.07) is 13.0. The maximum Gasteiger partial charge on any atom is 0.269 e. The molecule has 7 nitrogen and oxygen atoms in total. The summed E-state index contributed by atoms with van der Waals surface area (Å²) in [6.07, 6.45) is 0.535. The van der Waals surface area contributed by atoms with Gasteiger partial charge in [-0.15, -0.1) is 0 Å². The molecular formula is C21H22BrN3O4. The highest BCUT2D eigenvalue weighted by Crippen LogP contribution is 2.31. The van der Waals surface area contributed by atoms with Gasteiger partial charge in [0.05, 0.1) is 11.0 Å². The molecule has 0 heterocycles. The lowest BCUT2D eigenvalue weighted by Crippen LogP contribution is -2.30. The second kappa shape index (κ2) is 9.97. The highest BCUT2D eigenvalue weighted by atomic mass is 79.9. The fourth-order valence-electron chi connectivity index (χ4n) is 3.02. The predicted molar refractivity (Wildman–Crippen MR) is 115 cm³/mol. The molecule has 2 amide bonds. The minimum absolute atomic E-state index is 0.0414. The van der Waals surface area contributed by atoms with Gasteiger partial charge in [-0.3, -0.25) is 19.7 Å². The van der Waals surface area contributed by atoms with Crippen molar-refractivity contribution in [2.75, 3.05) is 0 Å². The SMILES string of the molecule is CC/C(=C(/NC(C)=O)c1ccc([N+](=O)[O-])cc1)C(NC(C)=O)c1ccc(Br)cc1. The summed E-state index contributed by atoms with van der Waals surface area (Å²) >= 11 is 3.40. The van der Waals surface area contributed by atoms with Crippen LogP contribution in [0.2, 0.25) is 0 Å². The monoisotopic (exact) mass is 459 g/mol. The van der Waals surface area contributed by atoms with Gasteiger partial charge < -0.3 is 10.6 Å². The van der Waals surface area contributed by atoms with E-state index in [0.717, 1.165) is 15.6 Å². The Labute approximate surface area is 177 Å². The third kappa shape index (κ3) is 5.99. The van der Waals surface area contributed by atoms with Crippen molar-refractivity contribution >= 4 is 39.1 Å². The largest absolute Gasteiger partial charge is 0.346 e. The topological polar surface area (TPSA) is 101 Å². The Kier molecular flexibility index (Phi) is 7.67. The Morgan fingerprint density at radius 3 is 2.07 bits per heavy atom. The number of hydrogen-bond acceptors (Lipinski definition) is 4. The standard InChI is InChI=1S/C21H22BrN3O4/c1-4-19(20(23-13(2)26)15-5-9-17(22)10-6-15)21(24-14(3)27)16-7-11-18(12-8-16)25(28)29/h5-12,20H,4H2,1-3H3,(H,23,26)(H,24,27)/b21-19-. The van der Waals surface area contributed by atoms with Crippen LogP contribution in [0.4, 0.5) is 5.69 Å². The summed E-state index contributed by atoms with van der Waals surface area (Å²) in [4.78, 5) is 34.3. The van der Waals surface area contributed by atoms with Crippen molar-refractivity contribution in [3.63, 3.8) is 0 Å². The quantitative estimate of drug-likeness (QED) is 0.470. The smallest absolute Gasteiger partial charge is 0.269 e. The summed E-state index contributed by atoms with van der Waals surface area (Å²) in [7, 11) is 0. The second-order valence-electron chi connectivity index (χ2n) is 6.42. The molecule has 0 aromatic heterocycles. The van der Waals surface area contributed by atoms with Crippen molar-refractivity contribution in [1.82, 2.24) is 10.6 Å². The number of carbonyl (C=O) groups excluding carboxylic acids is 2. The van der Waals surface area contributed by atoms with E-state index in [9.17, 15) is 19.7 Å². The number of nitrogens with one attached hydrogen (secondary N) is 2. The second-order valence-corrected chi connectivity index (χ2v) is 7.34. The van der Waals surface area contributed by atoms with Crippen LogP contribution in [-0.2, 0) is 9.59 Å². The number of carbonyl (C=O) groups is 2. The van der Waals surface area contributed by atoms with Crippen LogP contribution < -0.4 is 10.6 Å². The van der Waals surface area contributed by atoms with Crippen molar-refractivity contribution in [2.24, 2.45) is 0 Å². The molecular weight excluding hydrogens is 438 g/mol. The van der Waals surface area contributed by atoms with Crippen molar-refractivity contribution in [3.8, 4) is 0 Å². The van der Waals surface area contributed by atoms with Crippen LogP contribution >= 0.6 is 15.9 Å². The molecule has 2 aromatic rings. The van der Waals surface area contributed by atoms with E-state index in [1.54, 1.807) is 12.1 Å². The third-order valence-corrected chi connectivity index (χ3v) is 4.80. The number of nitro benzene ring substituents is 1. The first kappa shape index (κ1) is 22.3. The van der Waals surface area contributed by atoms with Gasteiger partial charge >= 0.3 is 0 Å². The summed E-state index contributed by atoms with van der Waals surface area (Å²) in [5.41, 5.74) is 2.74. The fourth-order valence-corrected chi connectivity index (χ4v) is 3.28. The number of nitro groups is 1. The Morgan fingerprint density at radius 1 is 1.03 bits per heavy atom. The number of amides is 2. The van der Waals surface area contributed by atoms with E-state index in [-0.39, 0.29) is 17.5 Å². The van der Waals surface area contributed by atoms with Crippen LogP contribution in [0.3, 0.4) is 0 Å². The first-order valence-corrected chi connectivity index (χ1v) is 9.80. The normalized spacial score (nSPS) is 12.6. The molecule has 0 radical (unpaired) electrons. The van der Waals surface area contributed by atoms with Gasteiger partial charge in [-0.05, 0) is 47.4 Å². The number of hydrogen-bond donors (Lipinski definition) is 2. The first-order valence-electron chi connectivity index (χ1n) is 9.01. The van der Waals surface area contributed by atoms with Crippen molar-refractivity contribution in [2.45, 2.75) is 33.2 Å². The first-order chi connectivity index (χ1) is 13.7. The molecule has 0 aliphatic carbocycles. The van der Waals surface area contributed by atoms with E-state index in [1.165, 1.54) is 26.0 Å². The minimum atomic E-state index is -0.478. The van der Waals surface area contributed by atoms with E-state index < -0.39 is 11.0 Å². The maximum absolute atomic E-state index is 11.9. The van der Waals surface area contributed by atoms with E-state index in [4.69, 9.17) is 0 Å². The van der Waals surface area contributed by atoms with Gasteiger partial charge in [-0.2, -0.15) is 0 Å². The lowest BCUT2D eigenvalue weighted by Gasteiger charge is -2.25. The van der Waals surface area contributed by atoms with E-state index in [2.05, 4.69) is 26.6 Å². The lowest BCUT2D eigenvalue weighted by atomic mass is 9.92. The van der Waals surface area contributed by atoms with Crippen LogP contribution in [0.5, 0.6) is 0 Å². The zero-order valence-corrected chi connectivity index (χ0v) is 17.9. The maximum atomic E-state index is 11.9. The molecule has 29 heavy (non-hydrogen) atoms. The molecule has 0 fully saturated rings. The fraction of sp³-hybridized carbons (Fsp3) is 0.238. The van der Waals surface area contributed by atoms with Crippen molar-refractivity contribution < 1.29 is 14.5 Å². The molecule has 8 heteroatoms. The number of halogens is 1. The molecule has 1 atom stereocenters. The van der Waals surface area contributed by atoms with Gasteiger partial charge in [-0.1, -0.05) is 35.0 Å². The zero-order chi connectivity index (χ0) is 21.6. The van der Waals surface area contributed by atoms with Crippen LogP contribution in [-0.4, -0.2) is 16.7 Å². The molecule has 0 aliphatic heterocycles. The number of nitrogens with zero attached hydrogens (tertiary/aromatic N) is 1. The van der Waals surface area contributed by atoms with Crippen molar-refractivity contribution in [3.05, 3.63) is 79.8 Å². The summed E-state index contributed by atoms with van der Waals surface area (Å²) in [5.74, 6) is -0.489. The third-order valence-electron chi connectivity index (χ3n) is 4.27. The Bertz CT molecular complexity index is 937. The average Bonchev–Trinajstić information content (AvgIpc) is 2.67. The number of benzene rings is 2. The van der Waals surface area contributed by atoms with Gasteiger partial charge in [0.2, 0.25) is 11.8 Å². The van der Waals surface area contributed by atoms with E-state index >= 15 is 0 Å². The molecule has 0 saturated heterocycles. The molecule has 2 N–H and O–H groups in total. The highest BCUT2D eigenvalue weighted by Gasteiger charge is 2.22. The van der Waals surface area contributed by atoms with Gasteiger partial charge in [0.25, 0.3) is 5.69 Å².